The molecule has 0 aromatic carbocycles. The van der Waals surface area contributed by atoms with Crippen molar-refractivity contribution in [2.45, 2.75) is 39.2 Å². The first-order chi connectivity index (χ1) is 9.99. The molecule has 0 amide bonds. The van der Waals surface area contributed by atoms with Gasteiger partial charge in [-0.25, -0.2) is 0 Å². The van der Waals surface area contributed by atoms with Crippen LogP contribution in [0.15, 0.2) is 0 Å². The Morgan fingerprint density at radius 1 is 1.19 bits per heavy atom. The molecule has 1 saturated heterocycles. The van der Waals surface area contributed by atoms with Gasteiger partial charge in [0.1, 0.15) is 0 Å². The van der Waals surface area contributed by atoms with Crippen LogP contribution < -0.4 is 15.1 Å². The number of anilines is 3. The molecule has 0 bridgehead atoms. The lowest BCUT2D eigenvalue weighted by atomic mass is 9.94. The van der Waals surface area contributed by atoms with Crippen LogP contribution >= 0.6 is 0 Å². The summed E-state index contributed by atoms with van der Waals surface area (Å²) in [5, 5.41) is 13.1. The van der Waals surface area contributed by atoms with Crippen molar-refractivity contribution in [2.24, 2.45) is 0 Å². The van der Waals surface area contributed by atoms with Gasteiger partial charge in [-0.1, -0.05) is 0 Å². The van der Waals surface area contributed by atoms with Gasteiger partial charge in [0, 0.05) is 33.2 Å². The number of aromatic nitrogens is 3. The van der Waals surface area contributed by atoms with Crippen LogP contribution in [0.3, 0.4) is 0 Å². The van der Waals surface area contributed by atoms with Gasteiger partial charge in [0.05, 0.1) is 5.60 Å². The molecule has 0 atom stereocenters. The van der Waals surface area contributed by atoms with Crippen LogP contribution in [0.5, 0.6) is 0 Å². The van der Waals surface area contributed by atoms with Crippen molar-refractivity contribution in [1.82, 2.24) is 15.0 Å². The fourth-order valence-electron chi connectivity index (χ4n) is 2.44. The third-order valence-electron chi connectivity index (χ3n) is 4.01. The van der Waals surface area contributed by atoms with Gasteiger partial charge in [0.25, 0.3) is 0 Å². The number of hydrogen-bond donors (Lipinski definition) is 2. The zero-order chi connectivity index (χ0) is 15.5. The molecule has 118 valence electrons. The summed E-state index contributed by atoms with van der Waals surface area (Å²) in [6.45, 7) is 9.30. The van der Waals surface area contributed by atoms with E-state index in [1.165, 1.54) is 0 Å². The monoisotopic (exact) mass is 294 g/mol. The summed E-state index contributed by atoms with van der Waals surface area (Å²) in [6, 6.07) is 0. The maximum atomic E-state index is 10.1. The molecular formula is C14H26N6O. The van der Waals surface area contributed by atoms with E-state index in [4.69, 9.17) is 0 Å². The topological polar surface area (TPSA) is 77.4 Å². The second-order valence-corrected chi connectivity index (χ2v) is 5.67. The largest absolute Gasteiger partial charge is 0.390 e. The van der Waals surface area contributed by atoms with Crippen molar-refractivity contribution >= 4 is 17.8 Å². The van der Waals surface area contributed by atoms with E-state index in [2.05, 4.69) is 43.9 Å². The van der Waals surface area contributed by atoms with E-state index >= 15 is 0 Å². The molecule has 1 aliphatic heterocycles. The fraction of sp³-hybridized carbons (Fsp3) is 0.786. The Kier molecular flexibility index (Phi) is 4.82. The van der Waals surface area contributed by atoms with Crippen LogP contribution in [0.2, 0.25) is 0 Å². The third kappa shape index (κ3) is 3.72. The van der Waals surface area contributed by atoms with Crippen LogP contribution in [-0.2, 0) is 0 Å². The molecule has 0 spiro atoms. The SMILES string of the molecule is CCN(CC)c1nc(NC)nc(N2CCC(C)(O)CC2)n1. The van der Waals surface area contributed by atoms with E-state index in [-0.39, 0.29) is 0 Å². The van der Waals surface area contributed by atoms with Crippen LogP contribution in [-0.4, -0.2) is 58.9 Å². The van der Waals surface area contributed by atoms with E-state index in [0.29, 0.717) is 17.8 Å². The lowest BCUT2D eigenvalue weighted by Gasteiger charge is -2.36. The highest BCUT2D eigenvalue weighted by atomic mass is 16.3. The van der Waals surface area contributed by atoms with Gasteiger partial charge in [-0.15, -0.1) is 0 Å². The van der Waals surface area contributed by atoms with Crippen molar-refractivity contribution in [2.75, 3.05) is 48.3 Å². The lowest BCUT2D eigenvalue weighted by molar-refractivity contribution is 0.0349. The molecule has 0 aliphatic carbocycles. The minimum absolute atomic E-state index is 0.572. The van der Waals surface area contributed by atoms with Crippen molar-refractivity contribution in [1.29, 1.82) is 0 Å². The average Bonchev–Trinajstić information content (AvgIpc) is 2.48. The molecule has 0 unspecified atom stereocenters. The predicted molar refractivity (Wildman–Crippen MR) is 85.0 cm³/mol. The van der Waals surface area contributed by atoms with Crippen molar-refractivity contribution < 1.29 is 5.11 Å². The number of nitrogens with one attached hydrogen (secondary N) is 1. The van der Waals surface area contributed by atoms with Gasteiger partial charge >= 0.3 is 0 Å². The first kappa shape index (κ1) is 15.8. The van der Waals surface area contributed by atoms with E-state index in [1.54, 1.807) is 0 Å². The molecule has 2 N–H and O–H groups in total. The lowest BCUT2D eigenvalue weighted by Crippen LogP contribution is -2.43. The zero-order valence-electron chi connectivity index (χ0n) is 13.4. The van der Waals surface area contributed by atoms with Gasteiger partial charge in [0.2, 0.25) is 17.8 Å². The summed E-state index contributed by atoms with van der Waals surface area (Å²) in [4.78, 5) is 17.7. The predicted octanol–water partition coefficient (Wildman–Crippen LogP) is 1.11. The second-order valence-electron chi connectivity index (χ2n) is 5.67. The Morgan fingerprint density at radius 3 is 2.33 bits per heavy atom. The van der Waals surface area contributed by atoms with Crippen molar-refractivity contribution in [3.05, 3.63) is 0 Å². The molecule has 1 aliphatic rings. The Labute approximate surface area is 126 Å². The summed E-state index contributed by atoms with van der Waals surface area (Å²) >= 11 is 0. The number of hydrogen-bond acceptors (Lipinski definition) is 7. The molecule has 21 heavy (non-hydrogen) atoms. The number of nitrogens with zero attached hydrogens (tertiary/aromatic N) is 5. The Hall–Kier alpha value is -1.63. The van der Waals surface area contributed by atoms with E-state index < -0.39 is 5.60 Å². The summed E-state index contributed by atoms with van der Waals surface area (Å²) in [7, 11) is 1.81. The molecular weight excluding hydrogens is 268 g/mol. The van der Waals surface area contributed by atoms with Crippen LogP contribution in [0, 0.1) is 0 Å². The first-order valence-corrected chi connectivity index (χ1v) is 7.65. The molecule has 7 heteroatoms. The van der Waals surface area contributed by atoms with Crippen molar-refractivity contribution in [3.63, 3.8) is 0 Å². The molecule has 0 radical (unpaired) electrons. The van der Waals surface area contributed by atoms with Crippen LogP contribution in [0.1, 0.15) is 33.6 Å². The van der Waals surface area contributed by atoms with E-state index in [0.717, 1.165) is 39.0 Å². The maximum absolute atomic E-state index is 10.1. The molecule has 0 saturated carbocycles. The average molecular weight is 294 g/mol. The normalized spacial score (nSPS) is 17.7. The minimum Gasteiger partial charge on any atom is -0.390 e. The Balaban J connectivity index is 2.25. The third-order valence-corrected chi connectivity index (χ3v) is 4.01. The second kappa shape index (κ2) is 6.43. The smallest absolute Gasteiger partial charge is 0.231 e. The van der Waals surface area contributed by atoms with E-state index in [1.807, 2.05) is 14.0 Å². The molecule has 2 heterocycles. The molecule has 1 aromatic rings. The van der Waals surface area contributed by atoms with Crippen molar-refractivity contribution in [3.8, 4) is 0 Å². The maximum Gasteiger partial charge on any atom is 0.231 e. The highest BCUT2D eigenvalue weighted by Crippen LogP contribution is 2.25. The number of piperidine rings is 1. The van der Waals surface area contributed by atoms with Gasteiger partial charge in [-0.3, -0.25) is 0 Å². The Bertz CT molecular complexity index is 465. The first-order valence-electron chi connectivity index (χ1n) is 7.65. The molecule has 1 aromatic heterocycles. The standard InChI is InChI=1S/C14H26N6O/c1-5-19(6-2)12-16-11(15-4)17-13(18-12)20-9-7-14(3,21)8-10-20/h21H,5-10H2,1-4H3,(H,15,16,17,18). The minimum atomic E-state index is -0.572. The van der Waals surface area contributed by atoms with Crippen LogP contribution in [0.25, 0.3) is 0 Å². The summed E-state index contributed by atoms with van der Waals surface area (Å²) < 4.78 is 0. The van der Waals surface area contributed by atoms with Gasteiger partial charge in [0.15, 0.2) is 0 Å². The quantitative estimate of drug-likeness (QED) is 0.842. The highest BCUT2D eigenvalue weighted by molar-refractivity contribution is 5.45. The summed E-state index contributed by atoms with van der Waals surface area (Å²) in [6.07, 6.45) is 1.46. The zero-order valence-corrected chi connectivity index (χ0v) is 13.4. The van der Waals surface area contributed by atoms with Gasteiger partial charge in [-0.05, 0) is 33.6 Å². The number of aliphatic hydroxyl groups is 1. The highest BCUT2D eigenvalue weighted by Gasteiger charge is 2.29. The summed E-state index contributed by atoms with van der Waals surface area (Å²) in [5.41, 5.74) is -0.572. The van der Waals surface area contributed by atoms with Crippen LogP contribution in [0.4, 0.5) is 17.8 Å². The number of rotatable bonds is 5. The fourth-order valence-corrected chi connectivity index (χ4v) is 2.44. The van der Waals surface area contributed by atoms with Gasteiger partial charge in [-0.2, -0.15) is 15.0 Å². The molecule has 1 fully saturated rings. The summed E-state index contributed by atoms with van der Waals surface area (Å²) in [5.74, 6) is 1.97. The molecule has 2 rings (SSSR count). The molecule has 7 nitrogen and oxygen atoms in total. The Morgan fingerprint density at radius 2 is 1.81 bits per heavy atom. The van der Waals surface area contributed by atoms with Gasteiger partial charge < -0.3 is 20.2 Å². The van der Waals surface area contributed by atoms with E-state index in [9.17, 15) is 5.11 Å².